The number of fused-ring (bicyclic) bond motifs is 1. The zero-order valence-corrected chi connectivity index (χ0v) is 37.0. The molecule has 4 atom stereocenters. The molecular weight excluding hydrogens is 848 g/mol. The van der Waals surface area contributed by atoms with Gasteiger partial charge in [-0.3, -0.25) is 23.8 Å². The van der Waals surface area contributed by atoms with Gasteiger partial charge >= 0.3 is 13.9 Å². The van der Waals surface area contributed by atoms with Gasteiger partial charge in [0.1, 0.15) is 41.5 Å². The number of para-hydroxylation sites is 3. The number of carbonyl (C=O) groups is 4. The number of phosphoric acid groups is 1. The summed E-state index contributed by atoms with van der Waals surface area (Å²) in [6, 6.07) is 33.4. The number of hydrogen-bond acceptors (Lipinski definition) is 11. The van der Waals surface area contributed by atoms with Gasteiger partial charge in [-0.05, 0) is 86.0 Å². The Morgan fingerprint density at radius 2 is 1.46 bits per heavy atom. The second kappa shape index (κ2) is 20.7. The van der Waals surface area contributed by atoms with Crippen LogP contribution in [-0.4, -0.2) is 67.2 Å². The van der Waals surface area contributed by atoms with Gasteiger partial charge in [0.2, 0.25) is 11.8 Å². The Kier molecular flexibility index (Phi) is 15.2. The maximum Gasteiger partial charge on any atom is 0.527 e. The summed E-state index contributed by atoms with van der Waals surface area (Å²) in [4.78, 5) is 69.0. The van der Waals surface area contributed by atoms with Crippen LogP contribution in [0.25, 0.3) is 0 Å². The minimum atomic E-state index is -4.51. The van der Waals surface area contributed by atoms with Crippen molar-refractivity contribution in [2.45, 2.75) is 61.6 Å². The quantitative estimate of drug-likeness (QED) is 0.0703. The molecule has 1 aliphatic rings. The molecule has 4 N–H and O–H groups in total. The predicted octanol–water partition coefficient (Wildman–Crippen LogP) is 7.84. The van der Waals surface area contributed by atoms with Crippen LogP contribution in [0.4, 0.5) is 16.2 Å². The Morgan fingerprint density at radius 3 is 2.14 bits per heavy atom. The first-order valence-corrected chi connectivity index (χ1v) is 22.2. The van der Waals surface area contributed by atoms with E-state index in [4.69, 9.17) is 23.3 Å². The molecule has 3 unspecified atom stereocenters. The number of alkyl carbamates (subject to hydrolysis) is 1. The zero-order chi connectivity index (χ0) is 45.1. The SMILES string of the molecule is COc1ccc(C2Sc3ccccc3N(CC(=O)Nc3ccccc3OC)C(=O)C2NC(=O)[C@H](Cc2ccc(OP(=O)(O)OCc3ccccc3)cc2)NC(=O)OC(C)(C)C)cc1. The van der Waals surface area contributed by atoms with E-state index in [-0.39, 0.29) is 18.8 Å². The van der Waals surface area contributed by atoms with Crippen LogP contribution in [0.5, 0.6) is 17.2 Å². The number of phosphoric ester groups is 1. The van der Waals surface area contributed by atoms with Crippen molar-refractivity contribution in [3.05, 3.63) is 144 Å². The maximum atomic E-state index is 15.0. The molecule has 0 radical (unpaired) electrons. The lowest BCUT2D eigenvalue weighted by Crippen LogP contribution is -2.57. The number of benzene rings is 5. The first kappa shape index (κ1) is 46.2. The van der Waals surface area contributed by atoms with Gasteiger partial charge < -0.3 is 39.6 Å². The van der Waals surface area contributed by atoms with E-state index in [0.29, 0.717) is 44.5 Å². The van der Waals surface area contributed by atoms with Crippen LogP contribution in [0, 0.1) is 0 Å². The van der Waals surface area contributed by atoms with Gasteiger partial charge in [-0.1, -0.05) is 78.9 Å². The van der Waals surface area contributed by atoms with Gasteiger partial charge in [-0.2, -0.15) is 0 Å². The van der Waals surface area contributed by atoms with Crippen LogP contribution < -0.4 is 34.8 Å². The molecule has 5 aromatic rings. The molecular formula is C46H49N4O11PS. The fourth-order valence-electron chi connectivity index (χ4n) is 6.56. The maximum absolute atomic E-state index is 15.0. The smallest absolute Gasteiger partial charge is 0.497 e. The summed E-state index contributed by atoms with van der Waals surface area (Å²) in [5.41, 5.74) is 1.84. The fraction of sp³-hybridized carbons (Fsp3) is 0.261. The average Bonchev–Trinajstić information content (AvgIpc) is 3.36. The summed E-state index contributed by atoms with van der Waals surface area (Å²) in [6.45, 7) is 4.48. The Balaban J connectivity index is 1.29. The summed E-state index contributed by atoms with van der Waals surface area (Å²) >= 11 is 1.34. The number of carbonyl (C=O) groups excluding carboxylic acids is 4. The Labute approximate surface area is 370 Å². The molecule has 0 spiro atoms. The van der Waals surface area contributed by atoms with Crippen molar-refractivity contribution < 1.29 is 51.9 Å². The molecule has 0 fully saturated rings. The third-order valence-electron chi connectivity index (χ3n) is 9.50. The van der Waals surface area contributed by atoms with Gasteiger partial charge in [0.25, 0.3) is 5.91 Å². The predicted molar refractivity (Wildman–Crippen MR) is 239 cm³/mol. The van der Waals surface area contributed by atoms with Gasteiger partial charge in [0.15, 0.2) is 0 Å². The number of nitrogens with zero attached hydrogens (tertiary/aromatic N) is 1. The monoisotopic (exact) mass is 896 g/mol. The van der Waals surface area contributed by atoms with E-state index >= 15 is 4.79 Å². The number of methoxy groups -OCH3 is 2. The summed E-state index contributed by atoms with van der Waals surface area (Å²) in [5.74, 6) is -0.789. The molecule has 4 amide bonds. The lowest BCUT2D eigenvalue weighted by Gasteiger charge is -2.30. The normalized spacial score (nSPS) is 16.3. The first-order chi connectivity index (χ1) is 30.1. The molecule has 0 bridgehead atoms. The molecule has 15 nitrogen and oxygen atoms in total. The molecule has 17 heteroatoms. The molecule has 5 aromatic carbocycles. The number of nitrogens with one attached hydrogen (secondary N) is 3. The second-order valence-electron chi connectivity index (χ2n) is 15.3. The number of hydrogen-bond donors (Lipinski definition) is 4. The van der Waals surface area contributed by atoms with Crippen LogP contribution in [0.3, 0.4) is 0 Å². The lowest BCUT2D eigenvalue weighted by molar-refractivity contribution is -0.129. The minimum Gasteiger partial charge on any atom is -0.497 e. The van der Waals surface area contributed by atoms with E-state index in [9.17, 15) is 23.8 Å². The van der Waals surface area contributed by atoms with Crippen molar-refractivity contribution >= 4 is 54.8 Å². The standard InChI is InChI=1S/C46H49N4O11PS/c1-46(2,3)60-45(54)48-36(27-30-19-23-34(24-20-30)61-62(55,56)59-29-31-13-7-6-8-14-31)43(52)49-41-42(32-21-25-33(57-4)26-22-32)63-39-18-12-10-16-37(39)50(44(41)53)28-40(51)47-35-15-9-11-17-38(35)58-5/h6-26,36,41-42H,27-29H2,1-5H3,(H,47,51)(H,48,54)(H,49,52)(H,55,56)/t36-,41?,42?/m0/s1. The molecule has 0 aliphatic carbocycles. The van der Waals surface area contributed by atoms with Crippen molar-refractivity contribution in [1.82, 2.24) is 10.6 Å². The van der Waals surface area contributed by atoms with Gasteiger partial charge in [-0.15, -0.1) is 11.8 Å². The van der Waals surface area contributed by atoms with Crippen LogP contribution in [0.2, 0.25) is 0 Å². The Hall–Kier alpha value is -6.32. The van der Waals surface area contributed by atoms with Crippen LogP contribution in [0.15, 0.2) is 132 Å². The largest absolute Gasteiger partial charge is 0.527 e. The Morgan fingerprint density at radius 1 is 0.810 bits per heavy atom. The van der Waals surface area contributed by atoms with Crippen LogP contribution in [0.1, 0.15) is 42.7 Å². The lowest BCUT2D eigenvalue weighted by atomic mass is 10.0. The number of anilines is 2. The Bertz CT molecular complexity index is 2430. The number of amides is 4. The highest BCUT2D eigenvalue weighted by molar-refractivity contribution is 7.99. The van der Waals surface area contributed by atoms with Crippen molar-refractivity contribution in [2.75, 3.05) is 31.0 Å². The molecule has 0 aromatic heterocycles. The van der Waals surface area contributed by atoms with E-state index in [1.54, 1.807) is 118 Å². The number of thioether (sulfide) groups is 1. The summed E-state index contributed by atoms with van der Waals surface area (Å²) in [7, 11) is -1.49. The molecule has 330 valence electrons. The third-order valence-corrected chi connectivity index (χ3v) is 11.8. The van der Waals surface area contributed by atoms with Gasteiger partial charge in [0.05, 0.1) is 37.5 Å². The van der Waals surface area contributed by atoms with E-state index in [0.717, 1.165) is 0 Å². The van der Waals surface area contributed by atoms with Crippen molar-refractivity contribution in [2.24, 2.45) is 0 Å². The highest BCUT2D eigenvalue weighted by Crippen LogP contribution is 2.47. The zero-order valence-electron chi connectivity index (χ0n) is 35.3. The molecule has 6 rings (SSSR count). The fourth-order valence-corrected chi connectivity index (χ4v) is 8.66. The number of ether oxygens (including phenoxy) is 3. The van der Waals surface area contributed by atoms with Crippen LogP contribution in [-0.2, 0) is 41.2 Å². The third kappa shape index (κ3) is 12.9. The average molecular weight is 897 g/mol. The van der Waals surface area contributed by atoms with E-state index in [1.165, 1.54) is 43.0 Å². The molecule has 1 aliphatic heterocycles. The van der Waals surface area contributed by atoms with Crippen molar-refractivity contribution in [1.29, 1.82) is 0 Å². The second-order valence-corrected chi connectivity index (χ2v) is 17.9. The summed E-state index contributed by atoms with van der Waals surface area (Å²) in [5, 5.41) is 7.70. The van der Waals surface area contributed by atoms with E-state index in [2.05, 4.69) is 16.0 Å². The highest BCUT2D eigenvalue weighted by atomic mass is 32.2. The van der Waals surface area contributed by atoms with Gasteiger partial charge in [0, 0.05) is 11.3 Å². The highest BCUT2D eigenvalue weighted by Gasteiger charge is 2.41. The molecule has 0 saturated carbocycles. The van der Waals surface area contributed by atoms with Crippen LogP contribution >= 0.6 is 19.6 Å². The van der Waals surface area contributed by atoms with Crippen molar-refractivity contribution in [3.63, 3.8) is 0 Å². The minimum absolute atomic E-state index is 0.0246. The summed E-state index contributed by atoms with van der Waals surface area (Å²) < 4.78 is 39.5. The number of rotatable bonds is 16. The molecule has 1 heterocycles. The summed E-state index contributed by atoms with van der Waals surface area (Å²) in [6.07, 6.45) is -0.978. The molecule has 0 saturated heterocycles. The molecule has 63 heavy (non-hydrogen) atoms. The van der Waals surface area contributed by atoms with E-state index in [1.807, 2.05) is 18.2 Å². The topological polar surface area (TPSA) is 191 Å². The van der Waals surface area contributed by atoms with Gasteiger partial charge in [-0.25, -0.2) is 9.36 Å². The van der Waals surface area contributed by atoms with E-state index < -0.39 is 61.1 Å². The first-order valence-electron chi connectivity index (χ1n) is 19.8. The van der Waals surface area contributed by atoms with Crippen molar-refractivity contribution in [3.8, 4) is 17.2 Å².